The lowest BCUT2D eigenvalue weighted by atomic mass is 10.0. The van der Waals surface area contributed by atoms with Crippen molar-refractivity contribution in [3.05, 3.63) is 0 Å². The first-order valence-electron chi connectivity index (χ1n) is 12.0. The summed E-state index contributed by atoms with van der Waals surface area (Å²) >= 11 is 0. The summed E-state index contributed by atoms with van der Waals surface area (Å²) in [5.74, 6) is 0.126. The lowest BCUT2D eigenvalue weighted by Crippen LogP contribution is -2.30. The molecule has 0 atom stereocenters. The molecule has 0 aliphatic rings. The summed E-state index contributed by atoms with van der Waals surface area (Å²) in [5, 5.41) is 8.35. The third-order valence-electron chi connectivity index (χ3n) is 4.73. The van der Waals surface area contributed by atoms with Crippen LogP contribution in [0.3, 0.4) is 0 Å². The van der Waals surface area contributed by atoms with E-state index in [9.17, 15) is 14.4 Å². The number of hydrogen-bond donors (Lipinski definition) is 3. The molecule has 10 nitrogen and oxygen atoms in total. The van der Waals surface area contributed by atoms with Gasteiger partial charge in [-0.25, -0.2) is 0 Å². The molecule has 0 aromatic heterocycles. The summed E-state index contributed by atoms with van der Waals surface area (Å²) in [6, 6.07) is 0. The highest BCUT2D eigenvalue weighted by Gasteiger charge is 2.09. The van der Waals surface area contributed by atoms with Gasteiger partial charge in [0.1, 0.15) is 0 Å². The Labute approximate surface area is 198 Å². The molecule has 10 heteroatoms. The van der Waals surface area contributed by atoms with Gasteiger partial charge in [0.25, 0.3) is 0 Å². The summed E-state index contributed by atoms with van der Waals surface area (Å²) in [6.07, 6.45) is 4.55. The molecule has 3 N–H and O–H groups in total. The van der Waals surface area contributed by atoms with Gasteiger partial charge < -0.3 is 34.9 Å². The third-order valence-corrected chi connectivity index (χ3v) is 4.73. The van der Waals surface area contributed by atoms with Crippen LogP contribution in [0.4, 0.5) is 0 Å². The largest absolute Gasteiger partial charge is 0.384 e. The van der Waals surface area contributed by atoms with Crippen LogP contribution < -0.4 is 16.0 Å². The molecule has 0 heterocycles. The molecule has 0 unspecified atom stereocenters. The molecule has 0 aliphatic heterocycles. The maximum atomic E-state index is 11.8. The molecule has 33 heavy (non-hydrogen) atoms. The van der Waals surface area contributed by atoms with Crippen LogP contribution in [0.15, 0.2) is 0 Å². The maximum absolute atomic E-state index is 11.8. The Bertz CT molecular complexity index is 500. The Morgan fingerprint density at radius 1 is 0.667 bits per heavy atom. The van der Waals surface area contributed by atoms with Crippen molar-refractivity contribution in [2.45, 2.75) is 51.9 Å². The topological polar surface area (TPSA) is 124 Å². The molecule has 194 valence electrons. The van der Waals surface area contributed by atoms with Crippen molar-refractivity contribution in [3.8, 4) is 0 Å². The van der Waals surface area contributed by atoms with Crippen molar-refractivity contribution in [1.82, 2.24) is 16.0 Å². The van der Waals surface area contributed by atoms with Crippen LogP contribution in [0, 0.1) is 5.92 Å². The van der Waals surface area contributed by atoms with Gasteiger partial charge in [0, 0.05) is 59.0 Å². The van der Waals surface area contributed by atoms with Crippen molar-refractivity contribution in [2.75, 3.05) is 73.5 Å². The van der Waals surface area contributed by atoms with Gasteiger partial charge in [-0.15, -0.1) is 0 Å². The van der Waals surface area contributed by atoms with E-state index in [1.807, 2.05) is 6.92 Å². The molecule has 0 spiro atoms. The van der Waals surface area contributed by atoms with E-state index < -0.39 is 0 Å². The van der Waals surface area contributed by atoms with Crippen LogP contribution in [0.1, 0.15) is 51.9 Å². The third kappa shape index (κ3) is 21.8. The molecule has 0 saturated heterocycles. The van der Waals surface area contributed by atoms with E-state index in [0.29, 0.717) is 71.6 Å². The van der Waals surface area contributed by atoms with Gasteiger partial charge in [-0.1, -0.05) is 13.3 Å². The number of amides is 3. The number of carbonyl (C=O) groups is 3. The molecule has 0 aromatic carbocycles. The van der Waals surface area contributed by atoms with Crippen LogP contribution >= 0.6 is 0 Å². The number of nitrogens with one attached hydrogen (secondary N) is 3. The second-order valence-corrected chi connectivity index (χ2v) is 7.80. The lowest BCUT2D eigenvalue weighted by molar-refractivity contribution is -0.126. The summed E-state index contributed by atoms with van der Waals surface area (Å²) in [6.45, 7) is 6.46. The van der Waals surface area contributed by atoms with E-state index in [-0.39, 0.29) is 30.6 Å². The molecule has 0 bridgehead atoms. The Hall–Kier alpha value is -1.75. The number of unbranched alkanes of at least 4 members (excludes halogenated alkanes) is 1. The first kappa shape index (κ1) is 31.2. The zero-order valence-electron chi connectivity index (χ0n) is 20.7. The van der Waals surface area contributed by atoms with Crippen molar-refractivity contribution in [2.24, 2.45) is 5.92 Å². The van der Waals surface area contributed by atoms with E-state index in [4.69, 9.17) is 18.9 Å². The molecular formula is C23H45N3O7. The summed E-state index contributed by atoms with van der Waals surface area (Å²) < 4.78 is 21.1. The molecule has 0 rings (SSSR count). The zero-order valence-corrected chi connectivity index (χ0v) is 20.7. The summed E-state index contributed by atoms with van der Waals surface area (Å²) in [5.41, 5.74) is 0. The second kappa shape index (κ2) is 23.4. The van der Waals surface area contributed by atoms with Crippen molar-refractivity contribution >= 4 is 17.7 Å². The van der Waals surface area contributed by atoms with E-state index >= 15 is 0 Å². The van der Waals surface area contributed by atoms with Gasteiger partial charge in [0.2, 0.25) is 17.7 Å². The maximum Gasteiger partial charge on any atom is 0.220 e. The highest BCUT2D eigenvalue weighted by Crippen LogP contribution is 2.09. The van der Waals surface area contributed by atoms with E-state index in [2.05, 4.69) is 16.0 Å². The van der Waals surface area contributed by atoms with Crippen molar-refractivity contribution in [3.63, 3.8) is 0 Å². The monoisotopic (exact) mass is 475 g/mol. The Morgan fingerprint density at radius 2 is 1.15 bits per heavy atom. The fraction of sp³-hybridized carbons (Fsp3) is 0.870. The first-order valence-corrected chi connectivity index (χ1v) is 12.0. The summed E-state index contributed by atoms with van der Waals surface area (Å²) in [7, 11) is 3.37. The number of rotatable bonds is 23. The molecule has 0 aliphatic carbocycles. The van der Waals surface area contributed by atoms with Crippen LogP contribution in [-0.4, -0.2) is 91.2 Å². The van der Waals surface area contributed by atoms with E-state index in [0.717, 1.165) is 25.7 Å². The molecule has 0 fully saturated rings. The smallest absolute Gasteiger partial charge is 0.220 e. The quantitative estimate of drug-likeness (QED) is 0.189. The average Bonchev–Trinajstić information content (AvgIpc) is 2.79. The SMILES string of the molecule is CCCC(=O)NCCOCCOCCNC(=O)CCC(=O)NCCCCC(COC)COC. The van der Waals surface area contributed by atoms with Gasteiger partial charge in [-0.2, -0.15) is 0 Å². The Morgan fingerprint density at radius 3 is 1.64 bits per heavy atom. The Kier molecular flexibility index (Phi) is 22.2. The fourth-order valence-electron chi connectivity index (χ4n) is 3.04. The molecule has 0 aromatic rings. The molecule has 0 radical (unpaired) electrons. The van der Waals surface area contributed by atoms with Gasteiger partial charge in [-0.3, -0.25) is 14.4 Å². The number of hydrogen-bond acceptors (Lipinski definition) is 7. The predicted octanol–water partition coefficient (Wildman–Crippen LogP) is 1.03. The van der Waals surface area contributed by atoms with Crippen LogP contribution in [0.2, 0.25) is 0 Å². The van der Waals surface area contributed by atoms with Gasteiger partial charge in [-0.05, 0) is 19.3 Å². The minimum atomic E-state index is -0.171. The summed E-state index contributed by atoms with van der Waals surface area (Å²) in [4.78, 5) is 34.9. The highest BCUT2D eigenvalue weighted by molar-refractivity contribution is 5.83. The van der Waals surface area contributed by atoms with Gasteiger partial charge in [0.05, 0.1) is 39.6 Å². The van der Waals surface area contributed by atoms with Gasteiger partial charge >= 0.3 is 0 Å². The lowest BCUT2D eigenvalue weighted by Gasteiger charge is -2.14. The highest BCUT2D eigenvalue weighted by atomic mass is 16.5. The second-order valence-electron chi connectivity index (χ2n) is 7.80. The normalized spacial score (nSPS) is 10.9. The molecule has 3 amide bonds. The number of methoxy groups -OCH3 is 2. The molecule has 0 saturated carbocycles. The van der Waals surface area contributed by atoms with Crippen LogP contribution in [0.25, 0.3) is 0 Å². The van der Waals surface area contributed by atoms with Gasteiger partial charge in [0.15, 0.2) is 0 Å². The standard InChI is InChI=1S/C23H45N3O7/c1-4-7-21(27)25-12-14-32-16-17-33-15-13-26-23(29)10-9-22(28)24-11-6-5-8-20(18-30-2)19-31-3/h20H,4-19H2,1-3H3,(H,24,28)(H,25,27)(H,26,29). The zero-order chi connectivity index (χ0) is 24.6. The van der Waals surface area contributed by atoms with E-state index in [1.165, 1.54) is 0 Å². The van der Waals surface area contributed by atoms with Crippen molar-refractivity contribution in [1.29, 1.82) is 0 Å². The first-order chi connectivity index (χ1) is 16.0. The van der Waals surface area contributed by atoms with E-state index in [1.54, 1.807) is 14.2 Å². The predicted molar refractivity (Wildman–Crippen MR) is 126 cm³/mol. The van der Waals surface area contributed by atoms with Crippen LogP contribution in [-0.2, 0) is 33.3 Å². The number of ether oxygens (including phenoxy) is 4. The van der Waals surface area contributed by atoms with Crippen molar-refractivity contribution < 1.29 is 33.3 Å². The Balaban J connectivity index is 3.48. The minimum absolute atomic E-state index is 0.0377. The van der Waals surface area contributed by atoms with Crippen LogP contribution in [0.5, 0.6) is 0 Å². The minimum Gasteiger partial charge on any atom is -0.384 e. The molecular weight excluding hydrogens is 430 g/mol. The fourth-order valence-corrected chi connectivity index (χ4v) is 3.04. The number of carbonyl (C=O) groups excluding carboxylic acids is 3. The average molecular weight is 476 g/mol.